The van der Waals surface area contributed by atoms with Gasteiger partial charge in [-0.3, -0.25) is 14.4 Å². The Morgan fingerprint density at radius 3 is 2.58 bits per heavy atom. The van der Waals surface area contributed by atoms with Gasteiger partial charge in [-0.05, 0) is 43.9 Å². The number of hydrogen-bond acceptors (Lipinski definition) is 5. The van der Waals surface area contributed by atoms with E-state index in [-0.39, 0.29) is 40.2 Å². The average molecular weight is 478 g/mol. The van der Waals surface area contributed by atoms with Crippen LogP contribution in [0.3, 0.4) is 0 Å². The zero-order chi connectivity index (χ0) is 23.4. The van der Waals surface area contributed by atoms with Crippen molar-refractivity contribution in [2.24, 2.45) is 5.92 Å². The number of hydrogen-bond donors (Lipinski definition) is 3. The van der Waals surface area contributed by atoms with E-state index in [0.717, 1.165) is 6.07 Å². The van der Waals surface area contributed by atoms with Crippen molar-refractivity contribution in [2.75, 3.05) is 31.6 Å². The SMILES string of the molecule is O=C(N[C@H]1CC[C@H](C(=O)Nc2ccc(F)cc2Cl)CC1)c1[nH]cnc1C(=O)N1CCOCC1. The zero-order valence-corrected chi connectivity index (χ0v) is 18.7. The highest BCUT2D eigenvalue weighted by molar-refractivity contribution is 6.33. The maximum absolute atomic E-state index is 13.2. The molecule has 11 heteroatoms. The number of nitrogens with one attached hydrogen (secondary N) is 3. The van der Waals surface area contributed by atoms with Crippen LogP contribution in [0.1, 0.15) is 46.7 Å². The van der Waals surface area contributed by atoms with Crippen LogP contribution in [-0.2, 0) is 9.53 Å². The lowest BCUT2D eigenvalue weighted by Gasteiger charge is -2.28. The highest BCUT2D eigenvalue weighted by Crippen LogP contribution is 2.28. The minimum absolute atomic E-state index is 0.0960. The Morgan fingerprint density at radius 1 is 1.15 bits per heavy atom. The fourth-order valence-electron chi connectivity index (χ4n) is 4.13. The summed E-state index contributed by atoms with van der Waals surface area (Å²) in [5, 5.41) is 5.84. The van der Waals surface area contributed by atoms with Gasteiger partial charge in [0.15, 0.2) is 5.69 Å². The number of aromatic amines is 1. The number of amides is 3. The topological polar surface area (TPSA) is 116 Å². The molecule has 1 aromatic carbocycles. The minimum atomic E-state index is -0.471. The molecule has 0 atom stereocenters. The number of H-pyrrole nitrogens is 1. The number of anilines is 1. The molecule has 1 aliphatic carbocycles. The zero-order valence-electron chi connectivity index (χ0n) is 17.9. The van der Waals surface area contributed by atoms with Crippen LogP contribution in [0.5, 0.6) is 0 Å². The lowest BCUT2D eigenvalue weighted by atomic mass is 9.85. The number of ether oxygens (including phenoxy) is 1. The maximum Gasteiger partial charge on any atom is 0.275 e. The van der Waals surface area contributed by atoms with Gasteiger partial charge in [-0.1, -0.05) is 11.6 Å². The predicted molar refractivity (Wildman–Crippen MR) is 119 cm³/mol. The minimum Gasteiger partial charge on any atom is -0.378 e. The summed E-state index contributed by atoms with van der Waals surface area (Å²) in [7, 11) is 0. The van der Waals surface area contributed by atoms with Crippen molar-refractivity contribution in [3.05, 3.63) is 46.8 Å². The van der Waals surface area contributed by atoms with Crippen molar-refractivity contribution in [1.29, 1.82) is 0 Å². The number of carbonyl (C=O) groups excluding carboxylic acids is 3. The molecule has 2 aromatic rings. The lowest BCUT2D eigenvalue weighted by molar-refractivity contribution is -0.120. The first-order valence-electron chi connectivity index (χ1n) is 10.9. The van der Waals surface area contributed by atoms with Crippen molar-refractivity contribution in [3.8, 4) is 0 Å². The molecule has 4 rings (SSSR count). The summed E-state index contributed by atoms with van der Waals surface area (Å²) in [6.07, 6.45) is 3.73. The molecule has 9 nitrogen and oxygen atoms in total. The highest BCUT2D eigenvalue weighted by atomic mass is 35.5. The summed E-state index contributed by atoms with van der Waals surface area (Å²) in [6.45, 7) is 1.84. The average Bonchev–Trinajstić information content (AvgIpc) is 3.31. The number of morpholine rings is 1. The van der Waals surface area contributed by atoms with Gasteiger partial charge in [0, 0.05) is 25.0 Å². The van der Waals surface area contributed by atoms with Crippen LogP contribution in [0.15, 0.2) is 24.5 Å². The normalized spacial score (nSPS) is 20.8. The fourth-order valence-corrected chi connectivity index (χ4v) is 4.34. The fraction of sp³-hybridized carbons (Fsp3) is 0.455. The van der Waals surface area contributed by atoms with Gasteiger partial charge in [-0.15, -0.1) is 0 Å². The van der Waals surface area contributed by atoms with Crippen LogP contribution in [0.25, 0.3) is 0 Å². The van der Waals surface area contributed by atoms with E-state index >= 15 is 0 Å². The van der Waals surface area contributed by atoms with E-state index < -0.39 is 11.7 Å². The van der Waals surface area contributed by atoms with E-state index in [2.05, 4.69) is 20.6 Å². The van der Waals surface area contributed by atoms with Gasteiger partial charge in [-0.25, -0.2) is 9.37 Å². The van der Waals surface area contributed by atoms with E-state index in [1.165, 1.54) is 18.5 Å². The molecule has 0 radical (unpaired) electrons. The number of aromatic nitrogens is 2. The Balaban J connectivity index is 1.29. The Labute approximate surface area is 195 Å². The van der Waals surface area contributed by atoms with Crippen molar-refractivity contribution in [1.82, 2.24) is 20.2 Å². The Morgan fingerprint density at radius 2 is 1.88 bits per heavy atom. The first-order valence-corrected chi connectivity index (χ1v) is 11.3. The maximum atomic E-state index is 13.2. The summed E-state index contributed by atoms with van der Waals surface area (Å²) in [4.78, 5) is 46.5. The number of halogens is 2. The largest absolute Gasteiger partial charge is 0.378 e. The van der Waals surface area contributed by atoms with Crippen LogP contribution < -0.4 is 10.6 Å². The predicted octanol–water partition coefficient (Wildman–Crippen LogP) is 2.60. The monoisotopic (exact) mass is 477 g/mol. The summed E-state index contributed by atoms with van der Waals surface area (Å²) in [5.41, 5.74) is 0.603. The molecule has 33 heavy (non-hydrogen) atoms. The van der Waals surface area contributed by atoms with E-state index in [1.54, 1.807) is 4.90 Å². The summed E-state index contributed by atoms with van der Waals surface area (Å²) in [6, 6.07) is 3.70. The van der Waals surface area contributed by atoms with Gasteiger partial charge in [0.05, 0.1) is 30.3 Å². The van der Waals surface area contributed by atoms with Gasteiger partial charge in [0.2, 0.25) is 5.91 Å². The number of benzene rings is 1. The molecule has 1 aromatic heterocycles. The Bertz CT molecular complexity index is 1030. The van der Waals surface area contributed by atoms with Crippen molar-refractivity contribution in [3.63, 3.8) is 0 Å². The van der Waals surface area contributed by atoms with Gasteiger partial charge in [0.25, 0.3) is 11.8 Å². The third kappa shape index (κ3) is 5.51. The molecule has 0 unspecified atom stereocenters. The molecule has 1 saturated carbocycles. The van der Waals surface area contributed by atoms with E-state index in [9.17, 15) is 18.8 Å². The second-order valence-corrected chi connectivity index (χ2v) is 8.57. The van der Waals surface area contributed by atoms with Gasteiger partial charge in [-0.2, -0.15) is 0 Å². The number of carbonyl (C=O) groups is 3. The van der Waals surface area contributed by atoms with E-state index in [1.807, 2.05) is 0 Å². The van der Waals surface area contributed by atoms with Crippen molar-refractivity contribution >= 4 is 35.0 Å². The second kappa shape index (κ2) is 10.3. The lowest BCUT2D eigenvalue weighted by Crippen LogP contribution is -2.43. The number of rotatable bonds is 5. The molecule has 0 spiro atoms. The highest BCUT2D eigenvalue weighted by Gasteiger charge is 2.30. The van der Waals surface area contributed by atoms with Crippen LogP contribution in [0.4, 0.5) is 10.1 Å². The second-order valence-electron chi connectivity index (χ2n) is 8.17. The van der Waals surface area contributed by atoms with Gasteiger partial charge in [0.1, 0.15) is 11.5 Å². The smallest absolute Gasteiger partial charge is 0.275 e. The third-order valence-corrected chi connectivity index (χ3v) is 6.30. The standard InChI is InChI=1S/C22H25ClFN5O4/c23-16-11-14(24)3-6-17(16)28-20(30)13-1-4-15(5-2-13)27-21(31)18-19(26-12-25-18)22(32)29-7-9-33-10-8-29/h3,6,11-13,15H,1-2,4-5,7-10H2,(H,25,26)(H,27,31)(H,28,30)/t13-,15-. The molecule has 2 aliphatic rings. The molecule has 1 saturated heterocycles. The van der Waals surface area contributed by atoms with E-state index in [0.29, 0.717) is 57.7 Å². The number of nitrogens with zero attached hydrogens (tertiary/aromatic N) is 2. The van der Waals surface area contributed by atoms with Gasteiger partial charge >= 0.3 is 0 Å². The van der Waals surface area contributed by atoms with Crippen molar-refractivity contribution in [2.45, 2.75) is 31.7 Å². The summed E-state index contributed by atoms with van der Waals surface area (Å²) >= 11 is 5.98. The molecule has 3 N–H and O–H groups in total. The molecule has 2 heterocycles. The molecular formula is C22H25ClFN5O4. The van der Waals surface area contributed by atoms with Crippen LogP contribution in [0.2, 0.25) is 5.02 Å². The molecule has 2 fully saturated rings. The van der Waals surface area contributed by atoms with Gasteiger partial charge < -0.3 is 25.3 Å². The van der Waals surface area contributed by atoms with Crippen LogP contribution in [0, 0.1) is 11.7 Å². The third-order valence-electron chi connectivity index (χ3n) is 5.99. The number of imidazole rings is 1. The Kier molecular flexibility index (Phi) is 7.24. The van der Waals surface area contributed by atoms with Crippen LogP contribution >= 0.6 is 11.6 Å². The molecule has 0 bridgehead atoms. The summed E-state index contributed by atoms with van der Waals surface area (Å²) in [5.74, 6) is -1.58. The first-order chi connectivity index (χ1) is 15.9. The van der Waals surface area contributed by atoms with E-state index in [4.69, 9.17) is 16.3 Å². The molecule has 176 valence electrons. The first kappa shape index (κ1) is 23.2. The quantitative estimate of drug-likeness (QED) is 0.612. The molecule has 1 aliphatic heterocycles. The molecule has 3 amide bonds. The molecular weight excluding hydrogens is 453 g/mol. The van der Waals surface area contributed by atoms with Crippen LogP contribution in [-0.4, -0.2) is 64.9 Å². The Hall–Kier alpha value is -2.98. The summed E-state index contributed by atoms with van der Waals surface area (Å²) < 4.78 is 18.5. The van der Waals surface area contributed by atoms with Crippen molar-refractivity contribution < 1.29 is 23.5 Å².